The number of halogens is 1. The van der Waals surface area contributed by atoms with E-state index in [9.17, 15) is 0 Å². The van der Waals surface area contributed by atoms with Gasteiger partial charge in [0.05, 0.1) is 23.0 Å². The molecule has 1 unspecified atom stereocenters. The smallest absolute Gasteiger partial charge is 0.0850 e. The van der Waals surface area contributed by atoms with Gasteiger partial charge in [-0.2, -0.15) is 5.10 Å². The summed E-state index contributed by atoms with van der Waals surface area (Å²) in [5.74, 6) is 0. The van der Waals surface area contributed by atoms with Crippen molar-refractivity contribution >= 4 is 11.6 Å². The first-order chi connectivity index (χ1) is 9.65. The van der Waals surface area contributed by atoms with Crippen molar-refractivity contribution in [3.8, 4) is 0 Å². The third kappa shape index (κ3) is 3.18. The highest BCUT2D eigenvalue weighted by atomic mass is 35.5. The monoisotopic (exact) mass is 299 g/mol. The van der Waals surface area contributed by atoms with E-state index in [1.165, 1.54) is 5.69 Å². The number of aromatic nitrogens is 2. The highest BCUT2D eigenvalue weighted by Gasteiger charge is 2.36. The van der Waals surface area contributed by atoms with Crippen LogP contribution in [0.3, 0.4) is 0 Å². The van der Waals surface area contributed by atoms with Gasteiger partial charge in [-0.1, -0.05) is 25.4 Å². The normalized spacial score (nSPS) is 22.6. The minimum atomic E-state index is 0.164. The standard InChI is InChI=1S/C15H26ClN3O/c1-4-12-14(16)13(19(6-3)18-12)9-15(10-17-5-2)7-8-20-11-15/h17H,4-11H2,1-3H3. The van der Waals surface area contributed by atoms with E-state index in [0.29, 0.717) is 0 Å². The number of hydrogen-bond donors (Lipinski definition) is 1. The van der Waals surface area contributed by atoms with Crippen molar-refractivity contribution in [3.63, 3.8) is 0 Å². The molecule has 1 N–H and O–H groups in total. The Kier molecular flexibility index (Phi) is 5.47. The van der Waals surface area contributed by atoms with E-state index < -0.39 is 0 Å². The summed E-state index contributed by atoms with van der Waals surface area (Å²) < 4.78 is 7.73. The number of nitrogens with zero attached hydrogens (tertiary/aromatic N) is 2. The average molecular weight is 300 g/mol. The Morgan fingerprint density at radius 1 is 1.40 bits per heavy atom. The first kappa shape index (κ1) is 15.8. The fraction of sp³-hybridized carbons (Fsp3) is 0.800. The molecular weight excluding hydrogens is 274 g/mol. The number of nitrogens with one attached hydrogen (secondary N) is 1. The van der Waals surface area contributed by atoms with Gasteiger partial charge in [-0.05, 0) is 32.7 Å². The van der Waals surface area contributed by atoms with Gasteiger partial charge >= 0.3 is 0 Å². The van der Waals surface area contributed by atoms with Crippen LogP contribution in [0, 0.1) is 5.41 Å². The second-order valence-electron chi connectivity index (χ2n) is 5.64. The molecule has 4 nitrogen and oxygen atoms in total. The van der Waals surface area contributed by atoms with E-state index in [0.717, 1.165) is 62.8 Å². The first-order valence-electron chi connectivity index (χ1n) is 7.68. The molecule has 0 saturated carbocycles. The number of rotatable bonds is 7. The SMILES string of the molecule is CCNCC1(Cc2c(Cl)c(CC)nn2CC)CCOC1. The summed E-state index contributed by atoms with van der Waals surface area (Å²) in [7, 11) is 0. The molecule has 1 aliphatic rings. The molecule has 0 aliphatic carbocycles. The molecule has 0 amide bonds. The van der Waals surface area contributed by atoms with Gasteiger partial charge in [0.15, 0.2) is 0 Å². The summed E-state index contributed by atoms with van der Waals surface area (Å²) in [5.41, 5.74) is 2.35. The number of aryl methyl sites for hydroxylation is 2. The van der Waals surface area contributed by atoms with Gasteiger partial charge in [-0.15, -0.1) is 0 Å². The maximum atomic E-state index is 6.54. The van der Waals surface area contributed by atoms with Crippen molar-refractivity contribution in [1.29, 1.82) is 0 Å². The van der Waals surface area contributed by atoms with E-state index in [2.05, 4.69) is 35.9 Å². The van der Waals surface area contributed by atoms with Crippen molar-refractivity contribution in [2.45, 2.75) is 46.6 Å². The molecule has 1 aromatic heterocycles. The maximum absolute atomic E-state index is 6.54. The lowest BCUT2D eigenvalue weighted by Crippen LogP contribution is -2.37. The highest BCUT2D eigenvalue weighted by molar-refractivity contribution is 6.31. The molecule has 1 aromatic rings. The lowest BCUT2D eigenvalue weighted by atomic mass is 9.82. The molecule has 1 fully saturated rings. The molecule has 0 spiro atoms. The largest absolute Gasteiger partial charge is 0.381 e. The minimum absolute atomic E-state index is 0.164. The summed E-state index contributed by atoms with van der Waals surface area (Å²) in [5, 5.41) is 8.96. The summed E-state index contributed by atoms with van der Waals surface area (Å²) in [6.45, 7) is 10.9. The molecule has 1 aliphatic heterocycles. The Balaban J connectivity index is 2.24. The topological polar surface area (TPSA) is 39.1 Å². The first-order valence-corrected chi connectivity index (χ1v) is 8.06. The van der Waals surface area contributed by atoms with Gasteiger partial charge in [-0.3, -0.25) is 4.68 Å². The molecule has 1 atom stereocenters. The van der Waals surface area contributed by atoms with E-state index in [1.807, 2.05) is 0 Å². The van der Waals surface area contributed by atoms with Crippen LogP contribution in [-0.4, -0.2) is 36.1 Å². The Hall–Kier alpha value is -0.580. The van der Waals surface area contributed by atoms with Gasteiger partial charge in [0.1, 0.15) is 0 Å². The van der Waals surface area contributed by atoms with Crippen molar-refractivity contribution < 1.29 is 4.74 Å². The summed E-state index contributed by atoms with van der Waals surface area (Å²) in [6.07, 6.45) is 2.92. The molecule has 1 saturated heterocycles. The number of ether oxygens (including phenoxy) is 1. The molecule has 114 valence electrons. The van der Waals surface area contributed by atoms with Crippen LogP contribution in [0.4, 0.5) is 0 Å². The van der Waals surface area contributed by atoms with Gasteiger partial charge in [0.2, 0.25) is 0 Å². The van der Waals surface area contributed by atoms with Crippen LogP contribution in [0.25, 0.3) is 0 Å². The summed E-state index contributed by atoms with van der Waals surface area (Å²) in [6, 6.07) is 0. The second kappa shape index (κ2) is 6.92. The Morgan fingerprint density at radius 3 is 2.75 bits per heavy atom. The summed E-state index contributed by atoms with van der Waals surface area (Å²) in [4.78, 5) is 0. The lowest BCUT2D eigenvalue weighted by Gasteiger charge is -2.28. The molecular formula is C15H26ClN3O. The van der Waals surface area contributed by atoms with Gasteiger partial charge in [-0.25, -0.2) is 0 Å². The van der Waals surface area contributed by atoms with Crippen LogP contribution in [0.5, 0.6) is 0 Å². The minimum Gasteiger partial charge on any atom is -0.381 e. The molecule has 20 heavy (non-hydrogen) atoms. The predicted molar refractivity (Wildman–Crippen MR) is 82.4 cm³/mol. The number of hydrogen-bond acceptors (Lipinski definition) is 3. The fourth-order valence-corrected chi connectivity index (χ4v) is 3.26. The molecule has 0 aromatic carbocycles. The van der Waals surface area contributed by atoms with Crippen molar-refractivity contribution in [3.05, 3.63) is 16.4 Å². The van der Waals surface area contributed by atoms with E-state index >= 15 is 0 Å². The Morgan fingerprint density at radius 2 is 2.20 bits per heavy atom. The summed E-state index contributed by atoms with van der Waals surface area (Å²) >= 11 is 6.54. The molecule has 5 heteroatoms. The third-order valence-corrected chi connectivity index (χ3v) is 4.61. The predicted octanol–water partition coefficient (Wildman–Crippen LogP) is 2.68. The second-order valence-corrected chi connectivity index (χ2v) is 6.01. The zero-order valence-corrected chi connectivity index (χ0v) is 13.6. The van der Waals surface area contributed by atoms with E-state index in [1.54, 1.807) is 0 Å². The van der Waals surface area contributed by atoms with Crippen LogP contribution < -0.4 is 5.32 Å². The van der Waals surface area contributed by atoms with Crippen LogP contribution in [-0.2, 0) is 24.1 Å². The third-order valence-electron chi connectivity index (χ3n) is 4.17. The van der Waals surface area contributed by atoms with E-state index in [-0.39, 0.29) is 5.41 Å². The van der Waals surface area contributed by atoms with Crippen LogP contribution in [0.15, 0.2) is 0 Å². The van der Waals surface area contributed by atoms with Crippen molar-refractivity contribution in [2.24, 2.45) is 5.41 Å². The van der Waals surface area contributed by atoms with Gasteiger partial charge in [0, 0.05) is 25.1 Å². The van der Waals surface area contributed by atoms with E-state index in [4.69, 9.17) is 16.3 Å². The highest BCUT2D eigenvalue weighted by Crippen LogP contribution is 2.35. The zero-order valence-electron chi connectivity index (χ0n) is 12.8. The zero-order chi connectivity index (χ0) is 14.6. The van der Waals surface area contributed by atoms with Gasteiger partial charge in [0.25, 0.3) is 0 Å². The molecule has 0 radical (unpaired) electrons. The van der Waals surface area contributed by atoms with Crippen LogP contribution in [0.2, 0.25) is 5.02 Å². The Bertz CT molecular complexity index is 439. The average Bonchev–Trinajstić information content (AvgIpc) is 3.04. The fourth-order valence-electron chi connectivity index (χ4n) is 2.92. The Labute approximate surface area is 126 Å². The maximum Gasteiger partial charge on any atom is 0.0850 e. The van der Waals surface area contributed by atoms with Crippen LogP contribution in [0.1, 0.15) is 38.6 Å². The molecule has 2 rings (SSSR count). The van der Waals surface area contributed by atoms with Gasteiger partial charge < -0.3 is 10.1 Å². The van der Waals surface area contributed by atoms with Crippen LogP contribution >= 0.6 is 11.6 Å². The van der Waals surface area contributed by atoms with Crippen molar-refractivity contribution in [2.75, 3.05) is 26.3 Å². The molecule has 2 heterocycles. The molecule has 0 bridgehead atoms. The lowest BCUT2D eigenvalue weighted by molar-refractivity contribution is 0.148. The quantitative estimate of drug-likeness (QED) is 0.841. The van der Waals surface area contributed by atoms with Crippen molar-refractivity contribution in [1.82, 2.24) is 15.1 Å².